The molecule has 13 heteroatoms. The van der Waals surface area contributed by atoms with Gasteiger partial charge < -0.3 is 19.3 Å². The van der Waals surface area contributed by atoms with Crippen molar-refractivity contribution >= 4 is 122 Å². The van der Waals surface area contributed by atoms with Gasteiger partial charge >= 0.3 is 0 Å². The predicted molar refractivity (Wildman–Crippen MR) is 317 cm³/mol. The molecule has 0 saturated heterocycles. The van der Waals surface area contributed by atoms with Crippen LogP contribution in [0.15, 0.2) is 261 Å². The molecule has 0 aliphatic heterocycles. The van der Waals surface area contributed by atoms with Crippen LogP contribution in [0.3, 0.4) is 0 Å². The van der Waals surface area contributed by atoms with Gasteiger partial charge in [0.25, 0.3) is 17.1 Å². The van der Waals surface area contributed by atoms with E-state index in [9.17, 15) is 30.3 Å². The number of nitro groups is 3. The van der Waals surface area contributed by atoms with Crippen molar-refractivity contribution in [2.75, 3.05) is 14.7 Å². The van der Waals surface area contributed by atoms with Gasteiger partial charge in [-0.05, 0) is 148 Å². The van der Waals surface area contributed by atoms with Crippen LogP contribution in [0.5, 0.6) is 0 Å². The number of nitrogens with zero attached hydrogens (tertiary/aromatic N) is 7. The van der Waals surface area contributed by atoms with E-state index in [4.69, 9.17) is 0 Å². The fourth-order valence-corrected chi connectivity index (χ4v) is 10.8. The molecule has 13 aromatic rings. The van der Waals surface area contributed by atoms with Crippen LogP contribution in [-0.4, -0.2) is 19.3 Å². The number of hydrogen-bond acceptors (Lipinski definition) is 9. The smallest absolute Gasteiger partial charge is 0.271 e. The summed E-state index contributed by atoms with van der Waals surface area (Å²) in [5.74, 6) is 0. The summed E-state index contributed by atoms with van der Waals surface area (Å²) in [6, 6.07) is 83.0. The van der Waals surface area contributed by atoms with Crippen LogP contribution >= 0.6 is 0 Å². The second kappa shape index (κ2) is 19.5. The fourth-order valence-electron chi connectivity index (χ4n) is 10.8. The summed E-state index contributed by atoms with van der Waals surface area (Å²) in [5, 5.41) is 44.6. The van der Waals surface area contributed by atoms with Crippen LogP contribution in [0, 0.1) is 30.3 Å². The Bertz CT molecular complexity index is 4400. The summed E-state index contributed by atoms with van der Waals surface area (Å²) >= 11 is 0. The molecule has 0 atom stereocenters. The highest BCUT2D eigenvalue weighted by molar-refractivity contribution is 6.12. The molecule has 0 bridgehead atoms. The molecule has 12 aromatic carbocycles. The monoisotopic (exact) mass is 1030 g/mol. The van der Waals surface area contributed by atoms with Crippen molar-refractivity contribution < 1.29 is 14.8 Å². The van der Waals surface area contributed by atoms with Gasteiger partial charge in [0.2, 0.25) is 0 Å². The molecule has 0 saturated carbocycles. The van der Waals surface area contributed by atoms with E-state index in [0.717, 1.165) is 93.9 Å². The minimum absolute atomic E-state index is 0.0294. The quantitative estimate of drug-likeness (QED) is 0.0814. The van der Waals surface area contributed by atoms with Gasteiger partial charge in [-0.1, -0.05) is 109 Å². The van der Waals surface area contributed by atoms with E-state index in [0.29, 0.717) is 17.1 Å². The van der Waals surface area contributed by atoms with Crippen LogP contribution in [-0.2, 0) is 0 Å². The number of nitro benzene ring substituents is 3. The molecule has 378 valence electrons. The van der Waals surface area contributed by atoms with Gasteiger partial charge in [-0.25, -0.2) is 0 Å². The van der Waals surface area contributed by atoms with E-state index in [1.807, 2.05) is 178 Å². The highest BCUT2D eigenvalue weighted by Crippen LogP contribution is 2.45. The zero-order chi connectivity index (χ0) is 53.7. The van der Waals surface area contributed by atoms with Crippen LogP contribution in [0.2, 0.25) is 0 Å². The number of non-ortho nitro benzene ring substituents is 3. The normalized spacial score (nSPS) is 11.3. The summed E-state index contributed by atoms with van der Waals surface area (Å²) in [5.41, 5.74) is 8.92. The Morgan fingerprint density at radius 2 is 0.557 bits per heavy atom. The first-order valence-corrected chi connectivity index (χ1v) is 25.4. The lowest BCUT2D eigenvalue weighted by Crippen LogP contribution is -2.10. The van der Waals surface area contributed by atoms with Crippen LogP contribution in [0.25, 0.3) is 59.8 Å². The van der Waals surface area contributed by atoms with Gasteiger partial charge in [-0.2, -0.15) is 0 Å². The predicted octanol–water partition coefficient (Wildman–Crippen LogP) is 18.4. The van der Waals surface area contributed by atoms with Gasteiger partial charge in [0, 0.05) is 87.0 Å². The van der Waals surface area contributed by atoms with Crippen molar-refractivity contribution in [3.05, 3.63) is 291 Å². The largest absolute Gasteiger partial charge is 0.310 e. The third kappa shape index (κ3) is 8.78. The van der Waals surface area contributed by atoms with Crippen LogP contribution in [0.4, 0.5) is 68.2 Å². The number of hydrogen-bond donors (Lipinski definition) is 0. The average Bonchev–Trinajstić information content (AvgIpc) is 3.97. The summed E-state index contributed by atoms with van der Waals surface area (Å²) < 4.78 is 2.19. The average molecular weight is 1030 g/mol. The highest BCUT2D eigenvalue weighted by Gasteiger charge is 2.24. The Hall–Kier alpha value is -11.2. The lowest BCUT2D eigenvalue weighted by molar-refractivity contribution is -0.385. The molecule has 0 radical (unpaired) electrons. The van der Waals surface area contributed by atoms with Crippen molar-refractivity contribution in [1.29, 1.82) is 0 Å². The molecule has 0 unspecified atom stereocenters. The molecule has 0 N–H and O–H groups in total. The zero-order valence-electron chi connectivity index (χ0n) is 41.9. The number of anilines is 9. The molecule has 79 heavy (non-hydrogen) atoms. The van der Waals surface area contributed by atoms with Crippen molar-refractivity contribution in [3.8, 4) is 5.69 Å². The lowest BCUT2D eigenvalue weighted by atomic mass is 10.1. The molecular formula is C66H43N7O6. The molecule has 13 nitrogen and oxygen atoms in total. The number of aromatic nitrogens is 1. The molecule has 0 spiro atoms. The number of fused-ring (bicyclic) bond motifs is 6. The molecule has 0 aliphatic carbocycles. The van der Waals surface area contributed by atoms with Crippen molar-refractivity contribution in [2.24, 2.45) is 0 Å². The number of benzene rings is 12. The Morgan fingerprint density at radius 1 is 0.266 bits per heavy atom. The topological polar surface area (TPSA) is 144 Å². The molecule has 1 heterocycles. The standard InChI is InChI=1S/C66H43N7O6/c74-71(75)60-19-7-16-52(39-60)67(55-25-22-44-10-1-4-13-47(44)36-55)50-28-30-51(31-29-50)70-65-34-32-58(68(53-17-8-20-61(40-53)72(76)77)56-26-23-45-11-2-5-14-48(45)37-56)42-63(65)64-43-59(33-35-66(64)70)69(54-18-9-21-62(41-54)73(78)79)57-27-24-46-12-3-6-15-49(46)38-57/h1-43H. The first-order valence-electron chi connectivity index (χ1n) is 25.4. The van der Waals surface area contributed by atoms with E-state index >= 15 is 0 Å². The van der Waals surface area contributed by atoms with Gasteiger partial charge in [-0.3, -0.25) is 30.3 Å². The summed E-state index contributed by atoms with van der Waals surface area (Å²) in [6.07, 6.45) is 0. The Labute approximate surface area is 451 Å². The van der Waals surface area contributed by atoms with Gasteiger partial charge in [0.1, 0.15) is 0 Å². The van der Waals surface area contributed by atoms with Crippen LogP contribution in [0.1, 0.15) is 0 Å². The Balaban J connectivity index is 1.03. The third-order valence-corrected chi connectivity index (χ3v) is 14.5. The zero-order valence-corrected chi connectivity index (χ0v) is 41.9. The number of rotatable bonds is 13. The molecular weight excluding hydrogens is 987 g/mol. The highest BCUT2D eigenvalue weighted by atomic mass is 16.6. The van der Waals surface area contributed by atoms with Gasteiger partial charge in [0.15, 0.2) is 0 Å². The van der Waals surface area contributed by atoms with Crippen molar-refractivity contribution in [3.63, 3.8) is 0 Å². The van der Waals surface area contributed by atoms with Crippen molar-refractivity contribution in [1.82, 2.24) is 4.57 Å². The maximum absolute atomic E-state index is 12.3. The Morgan fingerprint density at radius 3 is 0.911 bits per heavy atom. The van der Waals surface area contributed by atoms with Gasteiger partial charge in [0.05, 0.1) is 42.9 Å². The maximum Gasteiger partial charge on any atom is 0.271 e. The van der Waals surface area contributed by atoms with Crippen molar-refractivity contribution in [2.45, 2.75) is 0 Å². The van der Waals surface area contributed by atoms with E-state index in [-0.39, 0.29) is 31.8 Å². The third-order valence-electron chi connectivity index (χ3n) is 14.5. The van der Waals surface area contributed by atoms with E-state index in [1.54, 1.807) is 36.4 Å². The van der Waals surface area contributed by atoms with Crippen LogP contribution < -0.4 is 14.7 Å². The summed E-state index contributed by atoms with van der Waals surface area (Å²) in [6.45, 7) is 0. The first-order chi connectivity index (χ1) is 38.6. The fraction of sp³-hybridized carbons (Fsp3) is 0. The lowest BCUT2D eigenvalue weighted by Gasteiger charge is -2.26. The Kier molecular flexibility index (Phi) is 11.7. The summed E-state index contributed by atoms with van der Waals surface area (Å²) in [7, 11) is 0. The molecule has 0 fully saturated rings. The molecule has 0 amide bonds. The second-order valence-electron chi connectivity index (χ2n) is 19.2. The van der Waals surface area contributed by atoms with Gasteiger partial charge in [-0.15, -0.1) is 0 Å². The minimum Gasteiger partial charge on any atom is -0.310 e. The second-order valence-corrected chi connectivity index (χ2v) is 19.2. The van der Waals surface area contributed by atoms with E-state index < -0.39 is 0 Å². The van der Waals surface area contributed by atoms with E-state index in [2.05, 4.69) is 47.0 Å². The van der Waals surface area contributed by atoms with E-state index in [1.165, 1.54) is 18.2 Å². The SMILES string of the molecule is O=[N+]([O-])c1cccc(N(c2ccc(-n3c4ccc(N(c5cccc([N+](=O)[O-])c5)c5ccc6ccccc6c5)cc4c4cc(N(c5cccc([N+](=O)[O-])c5)c5ccc6ccccc6c5)ccc43)cc2)c2ccc3ccccc3c2)c1. The first kappa shape index (κ1) is 47.5. The minimum atomic E-state index is -0.390. The molecule has 0 aliphatic rings. The molecule has 1 aromatic heterocycles. The molecule has 13 rings (SSSR count). The summed E-state index contributed by atoms with van der Waals surface area (Å²) in [4.78, 5) is 41.6. The maximum atomic E-state index is 12.3.